The zero-order chi connectivity index (χ0) is 26.7. The van der Waals surface area contributed by atoms with Crippen molar-refractivity contribution < 1.29 is 45.1 Å². The number of phenolic OH excluding ortho intramolecular Hbond substituents is 1. The first-order valence-electron chi connectivity index (χ1n) is 13.1. The molecule has 10 heteroatoms. The van der Waals surface area contributed by atoms with Gasteiger partial charge >= 0.3 is 0 Å². The van der Waals surface area contributed by atoms with Gasteiger partial charge in [-0.2, -0.15) is 4.57 Å². The Morgan fingerprint density at radius 3 is 2.55 bits per heavy atom. The van der Waals surface area contributed by atoms with Crippen molar-refractivity contribution in [3.05, 3.63) is 71.4 Å². The van der Waals surface area contributed by atoms with Crippen LogP contribution in [-0.2, 0) is 19.5 Å². The van der Waals surface area contributed by atoms with Gasteiger partial charge in [0.15, 0.2) is 47.4 Å². The fourth-order valence-corrected chi connectivity index (χ4v) is 5.98. The summed E-state index contributed by atoms with van der Waals surface area (Å²) >= 11 is 0. The maximum absolute atomic E-state index is 14.4. The first kappa shape index (κ1) is 26.4. The molecule has 1 fully saturated rings. The molecule has 208 valence electrons. The van der Waals surface area contributed by atoms with Gasteiger partial charge in [0, 0.05) is 50.6 Å². The third-order valence-electron chi connectivity index (χ3n) is 8.06. The Morgan fingerprint density at radius 2 is 1.77 bits per heavy atom. The first-order valence-corrected chi connectivity index (χ1v) is 13.1. The summed E-state index contributed by atoms with van der Waals surface area (Å²) in [4.78, 5) is 4.18. The number of halogens is 3. The molecule has 0 saturated carbocycles. The number of hydrogen-bond donors (Lipinski definition) is 1. The SMILES string of the molecule is COc1cc(CN2CCN(c3cccc(F)c3F)CC2)c2cc3[n+](cc2c1O)CCc1cc2c(cc1-3)OCO2.[Cl-]. The Morgan fingerprint density at radius 1 is 1.00 bits per heavy atom. The van der Waals surface area contributed by atoms with Gasteiger partial charge in [-0.05, 0) is 41.5 Å². The summed E-state index contributed by atoms with van der Waals surface area (Å²) in [6.07, 6.45) is 2.85. The summed E-state index contributed by atoms with van der Waals surface area (Å²) in [5, 5.41) is 12.7. The van der Waals surface area contributed by atoms with Crippen LogP contribution in [0.4, 0.5) is 14.5 Å². The molecule has 0 radical (unpaired) electrons. The molecule has 3 aromatic carbocycles. The fraction of sp³-hybridized carbons (Fsp3) is 0.300. The second kappa shape index (κ2) is 10.3. The largest absolute Gasteiger partial charge is 1.00 e. The molecule has 7 nitrogen and oxygen atoms in total. The highest BCUT2D eigenvalue weighted by molar-refractivity contribution is 5.94. The minimum atomic E-state index is -0.829. The maximum atomic E-state index is 14.4. The number of anilines is 1. The third kappa shape index (κ3) is 4.33. The number of phenols is 1. The normalized spacial score (nSPS) is 15.9. The maximum Gasteiger partial charge on any atom is 0.231 e. The van der Waals surface area contributed by atoms with E-state index in [1.807, 2.05) is 23.2 Å². The van der Waals surface area contributed by atoms with Crippen molar-refractivity contribution >= 4 is 16.5 Å². The zero-order valence-electron chi connectivity index (χ0n) is 21.9. The van der Waals surface area contributed by atoms with Gasteiger partial charge in [0.25, 0.3) is 0 Å². The quantitative estimate of drug-likeness (QED) is 0.376. The monoisotopic (exact) mass is 567 g/mol. The highest BCUT2D eigenvalue weighted by Gasteiger charge is 2.30. The number of benzene rings is 3. The van der Waals surface area contributed by atoms with Crippen LogP contribution in [0.2, 0.25) is 0 Å². The van der Waals surface area contributed by atoms with E-state index in [2.05, 4.69) is 21.6 Å². The van der Waals surface area contributed by atoms with E-state index >= 15 is 0 Å². The molecule has 7 rings (SSSR count). The second-order valence-corrected chi connectivity index (χ2v) is 10.2. The van der Waals surface area contributed by atoms with Gasteiger partial charge < -0.3 is 36.6 Å². The van der Waals surface area contributed by atoms with E-state index in [1.54, 1.807) is 19.2 Å². The molecule has 0 unspecified atom stereocenters. The van der Waals surface area contributed by atoms with E-state index < -0.39 is 11.6 Å². The summed E-state index contributed by atoms with van der Waals surface area (Å²) in [5.41, 5.74) is 4.69. The molecule has 0 atom stereocenters. The molecule has 0 amide bonds. The van der Waals surface area contributed by atoms with E-state index in [0.717, 1.165) is 58.1 Å². The van der Waals surface area contributed by atoms with Gasteiger partial charge in [0.2, 0.25) is 12.5 Å². The molecule has 0 spiro atoms. The molecule has 40 heavy (non-hydrogen) atoms. The first-order chi connectivity index (χ1) is 19.0. The highest BCUT2D eigenvalue weighted by Crippen LogP contribution is 2.42. The van der Waals surface area contributed by atoms with Crippen molar-refractivity contribution in [2.24, 2.45) is 0 Å². The van der Waals surface area contributed by atoms with Crippen molar-refractivity contribution in [2.45, 2.75) is 19.5 Å². The van der Waals surface area contributed by atoms with Crippen LogP contribution in [-0.4, -0.2) is 50.1 Å². The van der Waals surface area contributed by atoms with E-state index in [4.69, 9.17) is 14.2 Å². The molecule has 0 aliphatic carbocycles. The van der Waals surface area contributed by atoms with E-state index in [0.29, 0.717) is 44.2 Å². The number of aromatic hydroxyl groups is 1. The lowest BCUT2D eigenvalue weighted by atomic mass is 9.94. The Balaban J connectivity index is 0.00000289. The van der Waals surface area contributed by atoms with Gasteiger partial charge in [-0.15, -0.1) is 0 Å². The average Bonchev–Trinajstić information content (AvgIpc) is 3.42. The molecule has 1 N–H and O–H groups in total. The number of rotatable bonds is 4. The van der Waals surface area contributed by atoms with Crippen LogP contribution in [0.3, 0.4) is 0 Å². The predicted molar refractivity (Wildman–Crippen MR) is 141 cm³/mol. The average molecular weight is 568 g/mol. The molecule has 4 aromatic rings. The van der Waals surface area contributed by atoms with Crippen LogP contribution < -0.4 is 36.1 Å². The molecular formula is C30H28ClF2N3O4. The van der Waals surface area contributed by atoms with Crippen LogP contribution in [0.5, 0.6) is 23.0 Å². The fourth-order valence-electron chi connectivity index (χ4n) is 5.98. The molecule has 4 heterocycles. The minimum absolute atomic E-state index is 0. The lowest BCUT2D eigenvalue weighted by Gasteiger charge is -2.36. The summed E-state index contributed by atoms with van der Waals surface area (Å²) in [7, 11) is 1.56. The number of hydrogen-bond acceptors (Lipinski definition) is 6. The Kier molecular flexibility index (Phi) is 6.80. The van der Waals surface area contributed by atoms with Crippen molar-refractivity contribution in [1.82, 2.24) is 4.90 Å². The van der Waals surface area contributed by atoms with E-state index in [1.165, 1.54) is 5.56 Å². The zero-order valence-corrected chi connectivity index (χ0v) is 22.7. The molecule has 0 bridgehead atoms. The highest BCUT2D eigenvalue weighted by atomic mass is 35.5. The van der Waals surface area contributed by atoms with Gasteiger partial charge in [-0.3, -0.25) is 4.90 Å². The molecular weight excluding hydrogens is 540 g/mol. The molecule has 1 saturated heterocycles. The van der Waals surface area contributed by atoms with Crippen LogP contribution in [0.15, 0.2) is 48.7 Å². The van der Waals surface area contributed by atoms with Crippen molar-refractivity contribution in [1.29, 1.82) is 0 Å². The number of nitrogens with zero attached hydrogens (tertiary/aromatic N) is 3. The van der Waals surface area contributed by atoms with Crippen molar-refractivity contribution in [3.8, 4) is 34.3 Å². The van der Waals surface area contributed by atoms with Crippen LogP contribution in [0.1, 0.15) is 11.1 Å². The topological polar surface area (TPSA) is 58.3 Å². The Bertz CT molecular complexity index is 1630. The minimum Gasteiger partial charge on any atom is -1.00 e. The number of pyridine rings is 1. The van der Waals surface area contributed by atoms with Crippen molar-refractivity contribution in [2.75, 3.05) is 45.0 Å². The van der Waals surface area contributed by atoms with Crippen LogP contribution in [0.25, 0.3) is 22.0 Å². The number of piperazine rings is 1. The Hall–Kier alpha value is -3.82. The van der Waals surface area contributed by atoms with Gasteiger partial charge in [-0.1, -0.05) is 6.07 Å². The number of fused-ring (bicyclic) bond motifs is 5. The lowest BCUT2D eigenvalue weighted by Crippen LogP contribution is -3.00. The van der Waals surface area contributed by atoms with Gasteiger partial charge in [0.05, 0.1) is 23.7 Å². The van der Waals surface area contributed by atoms with Gasteiger partial charge in [-0.25, -0.2) is 8.78 Å². The Labute approximate surface area is 236 Å². The second-order valence-electron chi connectivity index (χ2n) is 10.2. The lowest BCUT2D eigenvalue weighted by molar-refractivity contribution is -0.686. The number of aryl methyl sites for hydroxylation is 2. The summed E-state index contributed by atoms with van der Waals surface area (Å²) in [6.45, 7) is 4.18. The molecule has 3 aliphatic heterocycles. The summed E-state index contributed by atoms with van der Waals surface area (Å²) < 4.78 is 47.1. The van der Waals surface area contributed by atoms with E-state index in [9.17, 15) is 13.9 Å². The van der Waals surface area contributed by atoms with Crippen LogP contribution >= 0.6 is 0 Å². The van der Waals surface area contributed by atoms with Gasteiger partial charge in [0.1, 0.15) is 0 Å². The third-order valence-corrected chi connectivity index (χ3v) is 8.06. The van der Waals surface area contributed by atoms with Crippen molar-refractivity contribution in [3.63, 3.8) is 0 Å². The van der Waals surface area contributed by atoms with Crippen LogP contribution in [0, 0.1) is 11.6 Å². The van der Waals surface area contributed by atoms with E-state index in [-0.39, 0.29) is 24.9 Å². The molecule has 1 aromatic heterocycles. The smallest absolute Gasteiger partial charge is 0.231 e. The predicted octanol–water partition coefficient (Wildman–Crippen LogP) is 1.40. The number of aromatic nitrogens is 1. The standard InChI is InChI=1S/C30H27F2N3O4.ClH/c1-37-28-12-19(15-33-7-9-34(10-8-33)24-4-2-3-23(31)29(24)32)20-13-25-21-14-27-26(38-17-39-27)11-18(21)5-6-35(25)16-22(20)30(28)36;/h2-4,11-14,16H,5-10,15,17H2,1H3;1H. The summed E-state index contributed by atoms with van der Waals surface area (Å²) in [6, 6.07) is 12.5. The molecule has 3 aliphatic rings. The number of ether oxygens (including phenoxy) is 3. The number of methoxy groups -OCH3 is 1. The summed E-state index contributed by atoms with van der Waals surface area (Å²) in [5.74, 6) is 0.443.